The Kier molecular flexibility index (Phi) is 6.68. The summed E-state index contributed by atoms with van der Waals surface area (Å²) in [5.74, 6) is -0.668. The molecule has 4 fully saturated rings. The van der Waals surface area contributed by atoms with E-state index in [1.54, 1.807) is 0 Å². The van der Waals surface area contributed by atoms with Crippen LogP contribution < -0.4 is 0 Å². The van der Waals surface area contributed by atoms with Gasteiger partial charge in [0.2, 0.25) is 0 Å². The summed E-state index contributed by atoms with van der Waals surface area (Å²) in [6, 6.07) is 0. The standard InChI is InChI=1S/C28H46O5/c1-16(2)17(3)7-8-18(4)20-9-10-21(26(20,5)13-14-29)23-24-22(30)15-19-11-12-27(6,25(23)31)28(24,32)33-19/h16-21,23-24,29,32H,7-15H2,1-6H3. The first-order valence-corrected chi connectivity index (χ1v) is 13.5. The monoisotopic (exact) mass is 462 g/mol. The molecule has 2 saturated heterocycles. The minimum Gasteiger partial charge on any atom is -0.396 e. The van der Waals surface area contributed by atoms with E-state index in [2.05, 4.69) is 34.6 Å². The van der Waals surface area contributed by atoms with Crippen molar-refractivity contribution >= 4 is 11.6 Å². The molecule has 0 aromatic heterocycles. The number of hydrogen-bond acceptors (Lipinski definition) is 5. The highest BCUT2D eigenvalue weighted by atomic mass is 16.6. The topological polar surface area (TPSA) is 83.8 Å². The third kappa shape index (κ3) is 3.67. The van der Waals surface area contributed by atoms with Crippen LogP contribution in [-0.2, 0) is 14.3 Å². The largest absolute Gasteiger partial charge is 0.396 e. The highest BCUT2D eigenvalue weighted by Crippen LogP contribution is 2.66. The van der Waals surface area contributed by atoms with Gasteiger partial charge in [0, 0.05) is 18.9 Å². The molecule has 0 spiro atoms. The Hall–Kier alpha value is -0.780. The van der Waals surface area contributed by atoms with Crippen molar-refractivity contribution in [3.05, 3.63) is 0 Å². The van der Waals surface area contributed by atoms with E-state index >= 15 is 0 Å². The number of ketones is 2. The van der Waals surface area contributed by atoms with Crippen LogP contribution in [0.1, 0.15) is 92.9 Å². The van der Waals surface area contributed by atoms with Gasteiger partial charge in [-0.05, 0) is 74.0 Å². The molecule has 10 atom stereocenters. The second-order valence-corrected chi connectivity index (χ2v) is 12.9. The van der Waals surface area contributed by atoms with Crippen molar-refractivity contribution < 1.29 is 24.5 Å². The first-order valence-electron chi connectivity index (χ1n) is 13.5. The Labute approximate surface area is 200 Å². The summed E-state index contributed by atoms with van der Waals surface area (Å²) < 4.78 is 6.08. The van der Waals surface area contributed by atoms with Crippen LogP contribution in [0.2, 0.25) is 0 Å². The van der Waals surface area contributed by atoms with Crippen molar-refractivity contribution in [3.8, 4) is 0 Å². The van der Waals surface area contributed by atoms with Crippen molar-refractivity contribution in [3.63, 3.8) is 0 Å². The Morgan fingerprint density at radius 1 is 1.06 bits per heavy atom. The quantitative estimate of drug-likeness (QED) is 0.543. The van der Waals surface area contributed by atoms with E-state index in [9.17, 15) is 19.8 Å². The second-order valence-electron chi connectivity index (χ2n) is 12.9. The fraction of sp³-hybridized carbons (Fsp3) is 0.929. The lowest BCUT2D eigenvalue weighted by atomic mass is 9.61. The lowest BCUT2D eigenvalue weighted by Crippen LogP contribution is -2.61. The number of hydrogen-bond donors (Lipinski definition) is 2. The summed E-state index contributed by atoms with van der Waals surface area (Å²) in [5, 5.41) is 21.8. The Bertz CT molecular complexity index is 778. The number of Topliss-reactive ketones (excluding diaryl/α,β-unsaturated/α-hetero) is 2. The van der Waals surface area contributed by atoms with Gasteiger partial charge in [-0.25, -0.2) is 0 Å². The van der Waals surface area contributed by atoms with Crippen LogP contribution in [0.15, 0.2) is 0 Å². The van der Waals surface area contributed by atoms with Gasteiger partial charge >= 0.3 is 0 Å². The minimum atomic E-state index is -1.66. The molecule has 0 radical (unpaired) electrons. The van der Waals surface area contributed by atoms with Crippen molar-refractivity contribution in [2.24, 2.45) is 52.3 Å². The SMILES string of the molecule is CC(C)C(C)CCC(C)C1CCC(C2C(=O)C3(C)CCC4CC(=O)C2C3(O)O4)C1(C)CCO. The van der Waals surface area contributed by atoms with Gasteiger partial charge in [0.1, 0.15) is 11.6 Å². The number of aliphatic hydroxyl groups excluding tert-OH is 1. The summed E-state index contributed by atoms with van der Waals surface area (Å²) >= 11 is 0. The summed E-state index contributed by atoms with van der Waals surface area (Å²) in [6.45, 7) is 13.4. The fourth-order valence-corrected chi connectivity index (χ4v) is 8.37. The summed E-state index contributed by atoms with van der Waals surface area (Å²) in [4.78, 5) is 27.3. The van der Waals surface area contributed by atoms with Crippen LogP contribution >= 0.6 is 0 Å². The lowest BCUT2D eigenvalue weighted by molar-refractivity contribution is -0.324. The normalized spacial score (nSPS) is 46.8. The number of carbonyl (C=O) groups excluding carboxylic acids is 2. The molecular weight excluding hydrogens is 416 g/mol. The van der Waals surface area contributed by atoms with E-state index < -0.39 is 23.0 Å². The van der Waals surface area contributed by atoms with E-state index in [1.165, 1.54) is 6.42 Å². The number of aliphatic hydroxyl groups is 2. The molecule has 2 aliphatic carbocycles. The van der Waals surface area contributed by atoms with Crippen LogP contribution in [0.3, 0.4) is 0 Å². The molecule has 4 aliphatic rings. The molecule has 2 bridgehead atoms. The zero-order valence-electron chi connectivity index (χ0n) is 21.6. The lowest BCUT2D eigenvalue weighted by Gasteiger charge is -2.50. The highest BCUT2D eigenvalue weighted by molar-refractivity contribution is 5.99. The van der Waals surface area contributed by atoms with Crippen LogP contribution in [0.25, 0.3) is 0 Å². The molecule has 5 nitrogen and oxygen atoms in total. The first kappa shape index (κ1) is 25.3. The minimum absolute atomic E-state index is 0.00382. The van der Waals surface area contributed by atoms with Crippen LogP contribution in [0.5, 0.6) is 0 Å². The highest BCUT2D eigenvalue weighted by Gasteiger charge is 2.75. The average Bonchev–Trinajstić information content (AvgIpc) is 3.17. The maximum absolute atomic E-state index is 14.0. The zero-order chi connectivity index (χ0) is 24.3. The molecule has 0 amide bonds. The molecule has 2 N–H and O–H groups in total. The van der Waals surface area contributed by atoms with Gasteiger partial charge in [0.05, 0.1) is 17.4 Å². The molecule has 2 heterocycles. The van der Waals surface area contributed by atoms with Gasteiger partial charge < -0.3 is 14.9 Å². The van der Waals surface area contributed by atoms with E-state index in [4.69, 9.17) is 4.74 Å². The van der Waals surface area contributed by atoms with E-state index in [0.29, 0.717) is 49.4 Å². The van der Waals surface area contributed by atoms with Gasteiger partial charge in [-0.1, -0.05) is 47.5 Å². The maximum atomic E-state index is 14.0. The van der Waals surface area contributed by atoms with Crippen molar-refractivity contribution in [2.75, 3.05) is 6.61 Å². The molecule has 0 aromatic carbocycles. The van der Waals surface area contributed by atoms with Crippen LogP contribution in [0, 0.1) is 52.3 Å². The molecule has 5 heteroatoms. The molecule has 33 heavy (non-hydrogen) atoms. The Morgan fingerprint density at radius 2 is 1.76 bits per heavy atom. The van der Waals surface area contributed by atoms with Gasteiger partial charge in [0.25, 0.3) is 0 Å². The third-order valence-corrected chi connectivity index (χ3v) is 11.0. The van der Waals surface area contributed by atoms with E-state index in [0.717, 1.165) is 19.3 Å². The van der Waals surface area contributed by atoms with Crippen molar-refractivity contribution in [2.45, 2.75) is 105 Å². The zero-order valence-corrected chi connectivity index (χ0v) is 21.6. The van der Waals surface area contributed by atoms with E-state index in [1.807, 2.05) is 6.92 Å². The Balaban J connectivity index is 1.64. The summed E-state index contributed by atoms with van der Waals surface area (Å²) in [7, 11) is 0. The summed E-state index contributed by atoms with van der Waals surface area (Å²) in [6.07, 6.45) is 6.14. The first-order chi connectivity index (χ1) is 15.4. The molecule has 10 unspecified atom stereocenters. The number of ether oxygens (including phenoxy) is 1. The van der Waals surface area contributed by atoms with Crippen molar-refractivity contribution in [1.82, 2.24) is 0 Å². The maximum Gasteiger partial charge on any atom is 0.188 e. The average molecular weight is 463 g/mol. The predicted molar refractivity (Wildman–Crippen MR) is 127 cm³/mol. The molecule has 188 valence electrons. The van der Waals surface area contributed by atoms with Gasteiger partial charge in [-0.2, -0.15) is 0 Å². The number of carbonyl (C=O) groups is 2. The molecule has 4 rings (SSSR count). The Morgan fingerprint density at radius 3 is 2.39 bits per heavy atom. The summed E-state index contributed by atoms with van der Waals surface area (Å²) in [5.41, 5.74) is -1.24. The fourth-order valence-electron chi connectivity index (χ4n) is 8.37. The van der Waals surface area contributed by atoms with Gasteiger partial charge in [0.15, 0.2) is 5.79 Å². The third-order valence-electron chi connectivity index (χ3n) is 11.0. The molecule has 2 aliphatic heterocycles. The number of rotatable bonds is 8. The molecule has 0 aromatic rings. The van der Waals surface area contributed by atoms with Gasteiger partial charge in [-0.3, -0.25) is 9.59 Å². The van der Waals surface area contributed by atoms with Crippen LogP contribution in [-0.4, -0.2) is 40.3 Å². The number of fused-ring (bicyclic) bond motifs is 1. The van der Waals surface area contributed by atoms with Crippen molar-refractivity contribution in [1.29, 1.82) is 0 Å². The smallest absolute Gasteiger partial charge is 0.188 e. The second kappa shape index (κ2) is 8.71. The predicted octanol–water partition coefficient (Wildman–Crippen LogP) is 4.77. The van der Waals surface area contributed by atoms with E-state index in [-0.39, 0.29) is 35.6 Å². The molecular formula is C28H46O5. The van der Waals surface area contributed by atoms with Crippen LogP contribution in [0.4, 0.5) is 0 Å². The van der Waals surface area contributed by atoms with Gasteiger partial charge in [-0.15, -0.1) is 0 Å². The molecule has 2 saturated carbocycles.